The lowest BCUT2D eigenvalue weighted by molar-refractivity contribution is -0.137. The predicted octanol–water partition coefficient (Wildman–Crippen LogP) is 3.86. The Kier molecular flexibility index (Phi) is 4.78. The van der Waals surface area contributed by atoms with Gasteiger partial charge in [0.15, 0.2) is 0 Å². The molecule has 31 heavy (non-hydrogen) atoms. The van der Waals surface area contributed by atoms with E-state index in [0.29, 0.717) is 27.5 Å². The van der Waals surface area contributed by atoms with Crippen LogP contribution in [0.1, 0.15) is 12.5 Å². The van der Waals surface area contributed by atoms with Crippen LogP contribution in [0.2, 0.25) is 0 Å². The highest BCUT2D eigenvalue weighted by atomic mass is 19.4. The highest BCUT2D eigenvalue weighted by molar-refractivity contribution is 6.08. The molecular weight excluding hydrogens is 409 g/mol. The zero-order chi connectivity index (χ0) is 22.3. The molecule has 9 heteroatoms. The van der Waals surface area contributed by atoms with Crippen LogP contribution in [0.25, 0.3) is 27.5 Å². The summed E-state index contributed by atoms with van der Waals surface area (Å²) >= 11 is 0. The average molecular weight is 424 g/mol. The molecule has 0 radical (unpaired) electrons. The Bertz CT molecular complexity index is 1450. The minimum absolute atomic E-state index is 0.280. The molecule has 4 rings (SSSR count). The molecule has 0 bridgehead atoms. The second kappa shape index (κ2) is 7.32. The number of benzene rings is 2. The van der Waals surface area contributed by atoms with E-state index in [2.05, 4.69) is 22.3 Å². The third kappa shape index (κ3) is 3.64. The molecule has 0 aliphatic heterocycles. The van der Waals surface area contributed by atoms with Gasteiger partial charge in [-0.15, -0.1) is 0 Å². The average Bonchev–Trinajstić information content (AvgIpc) is 3.11. The molecule has 0 atom stereocenters. The Morgan fingerprint density at radius 1 is 1.10 bits per heavy atom. The number of amides is 1. The largest absolute Gasteiger partial charge is 0.416 e. The summed E-state index contributed by atoms with van der Waals surface area (Å²) in [5, 5.41) is 7.85. The zero-order valence-electron chi connectivity index (χ0n) is 16.4. The van der Waals surface area contributed by atoms with Gasteiger partial charge in [0, 0.05) is 30.0 Å². The number of pyridine rings is 1. The number of carbonyl (C=O) groups is 1. The number of hydrogen-bond donors (Lipinski definition) is 1. The summed E-state index contributed by atoms with van der Waals surface area (Å²) in [7, 11) is 1.66. The van der Waals surface area contributed by atoms with E-state index in [1.54, 1.807) is 38.4 Å². The van der Waals surface area contributed by atoms with Crippen LogP contribution in [0.5, 0.6) is 0 Å². The van der Waals surface area contributed by atoms with Crippen LogP contribution in [0.4, 0.5) is 18.9 Å². The van der Waals surface area contributed by atoms with Gasteiger partial charge in [-0.3, -0.25) is 18.8 Å². The maximum absolute atomic E-state index is 13.2. The van der Waals surface area contributed by atoms with Crippen molar-refractivity contribution in [3.8, 4) is 17.5 Å². The summed E-state index contributed by atoms with van der Waals surface area (Å²) in [6.45, 7) is 1.54. The molecule has 1 amide bonds. The third-order valence-electron chi connectivity index (χ3n) is 4.70. The van der Waals surface area contributed by atoms with Crippen molar-refractivity contribution < 1.29 is 18.0 Å². The van der Waals surface area contributed by atoms with Crippen LogP contribution in [-0.4, -0.2) is 20.3 Å². The number of nitrogens with one attached hydrogen (secondary N) is 1. The van der Waals surface area contributed by atoms with Gasteiger partial charge in [0.05, 0.1) is 16.5 Å². The zero-order valence-corrected chi connectivity index (χ0v) is 16.4. The number of alkyl halides is 3. The first-order valence-corrected chi connectivity index (χ1v) is 9.12. The van der Waals surface area contributed by atoms with E-state index < -0.39 is 23.2 Å². The number of aromatic nitrogens is 3. The first-order chi connectivity index (χ1) is 14.7. The summed E-state index contributed by atoms with van der Waals surface area (Å²) in [5.74, 6) is 4.40. The Balaban J connectivity index is 1.98. The Labute approximate surface area is 173 Å². The van der Waals surface area contributed by atoms with Crippen molar-refractivity contribution in [2.75, 3.05) is 5.32 Å². The molecule has 4 aromatic rings. The number of fused-ring (bicyclic) bond motifs is 3. The van der Waals surface area contributed by atoms with Gasteiger partial charge in [0.2, 0.25) is 0 Å². The lowest BCUT2D eigenvalue weighted by atomic mass is 10.1. The molecule has 0 unspecified atom stereocenters. The van der Waals surface area contributed by atoms with Crippen LogP contribution in [0.15, 0.2) is 53.5 Å². The van der Waals surface area contributed by atoms with Crippen molar-refractivity contribution in [3.05, 3.63) is 64.6 Å². The number of anilines is 1. The van der Waals surface area contributed by atoms with Gasteiger partial charge in [-0.05, 0) is 55.3 Å². The first kappa shape index (κ1) is 20.2. The highest BCUT2D eigenvalue weighted by Gasteiger charge is 2.30. The number of carbonyl (C=O) groups excluding carboxylic acids is 1. The Morgan fingerprint density at radius 3 is 2.45 bits per heavy atom. The van der Waals surface area contributed by atoms with Crippen LogP contribution in [-0.2, 0) is 18.0 Å². The summed E-state index contributed by atoms with van der Waals surface area (Å²) in [6, 6.07) is 9.21. The third-order valence-corrected chi connectivity index (χ3v) is 4.70. The molecule has 2 aromatic heterocycles. The van der Waals surface area contributed by atoms with E-state index in [1.807, 2.05) is 0 Å². The fourth-order valence-corrected chi connectivity index (χ4v) is 3.40. The van der Waals surface area contributed by atoms with Gasteiger partial charge >= 0.3 is 6.18 Å². The smallest absolute Gasteiger partial charge is 0.315 e. The van der Waals surface area contributed by atoms with Crippen molar-refractivity contribution >= 4 is 33.4 Å². The number of aryl methyl sites for hydroxylation is 1. The predicted molar refractivity (Wildman–Crippen MR) is 111 cm³/mol. The van der Waals surface area contributed by atoms with Crippen molar-refractivity contribution in [1.29, 1.82) is 0 Å². The van der Waals surface area contributed by atoms with E-state index in [1.165, 1.54) is 21.4 Å². The minimum Gasteiger partial charge on any atom is -0.315 e. The molecule has 0 aliphatic rings. The highest BCUT2D eigenvalue weighted by Crippen LogP contribution is 2.31. The van der Waals surface area contributed by atoms with Crippen molar-refractivity contribution in [3.63, 3.8) is 0 Å². The summed E-state index contributed by atoms with van der Waals surface area (Å²) in [5.41, 5.74) is 0.369. The second-order valence-corrected chi connectivity index (χ2v) is 6.81. The van der Waals surface area contributed by atoms with E-state index in [0.717, 1.165) is 12.1 Å². The fourth-order valence-electron chi connectivity index (χ4n) is 3.40. The number of halogens is 3. The van der Waals surface area contributed by atoms with Crippen LogP contribution in [0.3, 0.4) is 0 Å². The topological polar surface area (TPSA) is 68.9 Å². The van der Waals surface area contributed by atoms with Gasteiger partial charge in [-0.25, -0.2) is 0 Å². The molecule has 156 valence electrons. The SMILES string of the molecule is CC#CC(=O)Nc1ccc2c(c1)c1nn(C)cc1c(=O)n2-c1ccc(C(F)(F)F)cc1. The quantitative estimate of drug-likeness (QED) is 0.497. The van der Waals surface area contributed by atoms with Gasteiger partial charge < -0.3 is 5.32 Å². The fraction of sp³-hybridized carbons (Fsp3) is 0.136. The van der Waals surface area contributed by atoms with Gasteiger partial charge in [0.1, 0.15) is 5.52 Å². The molecule has 2 aromatic carbocycles. The summed E-state index contributed by atoms with van der Waals surface area (Å²) in [4.78, 5) is 25.0. The van der Waals surface area contributed by atoms with Gasteiger partial charge in [-0.2, -0.15) is 18.3 Å². The maximum atomic E-state index is 13.2. The molecule has 0 fully saturated rings. The van der Waals surface area contributed by atoms with Crippen molar-refractivity contribution in [2.45, 2.75) is 13.1 Å². The normalized spacial score (nSPS) is 11.4. The minimum atomic E-state index is -4.48. The van der Waals surface area contributed by atoms with E-state index in [4.69, 9.17) is 0 Å². The molecule has 0 saturated heterocycles. The maximum Gasteiger partial charge on any atom is 0.416 e. The summed E-state index contributed by atoms with van der Waals surface area (Å²) in [6.07, 6.45) is -2.93. The monoisotopic (exact) mass is 424 g/mol. The van der Waals surface area contributed by atoms with Crippen LogP contribution < -0.4 is 10.9 Å². The lowest BCUT2D eigenvalue weighted by Gasteiger charge is -2.13. The van der Waals surface area contributed by atoms with Crippen LogP contribution >= 0.6 is 0 Å². The molecular formula is C22H15F3N4O2. The molecule has 0 saturated carbocycles. The van der Waals surface area contributed by atoms with Gasteiger partial charge in [0.25, 0.3) is 11.5 Å². The van der Waals surface area contributed by atoms with Crippen LogP contribution in [0, 0.1) is 11.8 Å². The van der Waals surface area contributed by atoms with Crippen molar-refractivity contribution in [2.24, 2.45) is 7.05 Å². The molecule has 6 nitrogen and oxygen atoms in total. The second-order valence-electron chi connectivity index (χ2n) is 6.81. The molecule has 0 spiro atoms. The van der Waals surface area contributed by atoms with Crippen molar-refractivity contribution in [1.82, 2.24) is 14.3 Å². The first-order valence-electron chi connectivity index (χ1n) is 9.12. The Morgan fingerprint density at radius 2 is 1.81 bits per heavy atom. The van der Waals surface area contributed by atoms with Gasteiger partial charge in [-0.1, -0.05) is 5.92 Å². The van der Waals surface area contributed by atoms with E-state index >= 15 is 0 Å². The summed E-state index contributed by atoms with van der Waals surface area (Å²) < 4.78 is 41.6. The standard InChI is InChI=1S/C22H15F3N4O2/c1-3-4-19(30)26-14-7-10-18-16(11-14)20-17(12-28(2)27-20)21(31)29(18)15-8-5-13(6-9-15)22(23,24)25/h5-12H,1-2H3,(H,26,30). The van der Waals surface area contributed by atoms with E-state index in [9.17, 15) is 22.8 Å². The molecule has 0 aliphatic carbocycles. The lowest BCUT2D eigenvalue weighted by Crippen LogP contribution is -2.19. The number of nitrogens with zero attached hydrogens (tertiary/aromatic N) is 3. The molecule has 2 heterocycles. The number of hydrogen-bond acceptors (Lipinski definition) is 3. The number of rotatable bonds is 2. The Hall–Kier alpha value is -4.06. The molecule has 1 N–H and O–H groups in total. The van der Waals surface area contributed by atoms with E-state index in [-0.39, 0.29) is 5.69 Å².